The minimum absolute atomic E-state index is 0.128. The lowest BCUT2D eigenvalue weighted by Crippen LogP contribution is -2.47. The molecule has 1 amide bonds. The Morgan fingerprint density at radius 3 is 2.18 bits per heavy atom. The number of piperazine rings is 1. The van der Waals surface area contributed by atoms with E-state index in [-0.39, 0.29) is 5.91 Å². The fourth-order valence-electron chi connectivity index (χ4n) is 3.26. The number of hydrogen-bond donors (Lipinski definition) is 1. The lowest BCUT2D eigenvalue weighted by Gasteiger charge is -2.33. The molecular weight excluding hydrogens is 374 g/mol. The monoisotopic (exact) mass is 401 g/mol. The number of anilines is 1. The highest BCUT2D eigenvalue weighted by Crippen LogP contribution is 2.16. The van der Waals surface area contributed by atoms with Crippen molar-refractivity contribution < 1.29 is 13.2 Å². The van der Waals surface area contributed by atoms with Gasteiger partial charge in [-0.15, -0.1) is 0 Å². The Morgan fingerprint density at radius 1 is 0.964 bits per heavy atom. The van der Waals surface area contributed by atoms with Crippen molar-refractivity contribution in [1.29, 1.82) is 0 Å². The third kappa shape index (κ3) is 5.19. The molecule has 0 aromatic heterocycles. The van der Waals surface area contributed by atoms with Gasteiger partial charge in [-0.3, -0.25) is 9.69 Å². The van der Waals surface area contributed by atoms with Crippen molar-refractivity contribution in [2.45, 2.75) is 20.4 Å². The number of aryl methyl sites for hydroxylation is 2. The van der Waals surface area contributed by atoms with Crippen LogP contribution >= 0.6 is 0 Å². The van der Waals surface area contributed by atoms with Gasteiger partial charge in [0.15, 0.2) is 0 Å². The zero-order valence-electron chi connectivity index (χ0n) is 16.6. The van der Waals surface area contributed by atoms with Crippen molar-refractivity contribution in [3.05, 3.63) is 64.7 Å². The van der Waals surface area contributed by atoms with E-state index in [1.54, 1.807) is 0 Å². The number of carbonyl (C=O) groups excluding carboxylic acids is 1. The van der Waals surface area contributed by atoms with Crippen LogP contribution in [0.25, 0.3) is 0 Å². The highest BCUT2D eigenvalue weighted by Gasteiger charge is 2.23. The fourth-order valence-corrected chi connectivity index (χ4v) is 4.09. The second-order valence-corrected chi connectivity index (χ2v) is 9.37. The van der Waals surface area contributed by atoms with E-state index in [4.69, 9.17) is 0 Å². The van der Waals surface area contributed by atoms with Crippen LogP contribution in [-0.2, 0) is 16.6 Å². The van der Waals surface area contributed by atoms with Crippen molar-refractivity contribution in [3.63, 3.8) is 0 Å². The second-order valence-electron chi connectivity index (χ2n) is 7.39. The van der Waals surface area contributed by atoms with Crippen LogP contribution < -0.4 is 5.32 Å². The lowest BCUT2D eigenvalue weighted by molar-refractivity contribution is 0.102. The summed E-state index contributed by atoms with van der Waals surface area (Å²) >= 11 is 0. The van der Waals surface area contributed by atoms with Gasteiger partial charge in [-0.1, -0.05) is 18.2 Å². The summed E-state index contributed by atoms with van der Waals surface area (Å²) < 4.78 is 24.7. The maximum atomic E-state index is 12.5. The minimum Gasteiger partial charge on any atom is -0.322 e. The van der Waals surface area contributed by atoms with Gasteiger partial charge in [0.2, 0.25) is 10.0 Å². The zero-order chi connectivity index (χ0) is 20.3. The topological polar surface area (TPSA) is 69.7 Å². The predicted molar refractivity (Wildman–Crippen MR) is 112 cm³/mol. The van der Waals surface area contributed by atoms with E-state index in [2.05, 4.69) is 10.2 Å². The van der Waals surface area contributed by atoms with Crippen molar-refractivity contribution >= 4 is 21.6 Å². The van der Waals surface area contributed by atoms with Crippen molar-refractivity contribution in [2.24, 2.45) is 0 Å². The number of rotatable bonds is 5. The minimum atomic E-state index is -3.11. The van der Waals surface area contributed by atoms with E-state index >= 15 is 0 Å². The number of hydrogen-bond acceptors (Lipinski definition) is 4. The van der Waals surface area contributed by atoms with Gasteiger partial charge in [0.25, 0.3) is 5.91 Å². The third-order valence-corrected chi connectivity index (χ3v) is 6.49. The van der Waals surface area contributed by atoms with Crippen LogP contribution in [0.2, 0.25) is 0 Å². The fraction of sp³-hybridized carbons (Fsp3) is 0.381. The van der Waals surface area contributed by atoms with E-state index in [0.29, 0.717) is 31.7 Å². The number of benzene rings is 2. The summed E-state index contributed by atoms with van der Waals surface area (Å²) in [6, 6.07) is 13.5. The molecule has 0 aliphatic carbocycles. The summed E-state index contributed by atoms with van der Waals surface area (Å²) in [7, 11) is -3.11. The number of carbonyl (C=O) groups is 1. The summed E-state index contributed by atoms with van der Waals surface area (Å²) in [5.74, 6) is -0.128. The average molecular weight is 402 g/mol. The predicted octanol–water partition coefficient (Wildman–Crippen LogP) is 2.63. The summed E-state index contributed by atoms with van der Waals surface area (Å²) in [5.41, 5.74) is 4.85. The molecule has 6 nitrogen and oxygen atoms in total. The van der Waals surface area contributed by atoms with Gasteiger partial charge in [-0.2, -0.15) is 4.31 Å². The molecule has 1 saturated heterocycles. The molecule has 1 aliphatic rings. The summed E-state index contributed by atoms with van der Waals surface area (Å²) in [5, 5.41) is 2.93. The van der Waals surface area contributed by atoms with Crippen LogP contribution in [0.3, 0.4) is 0 Å². The SMILES string of the molecule is Cc1ccc(NC(=O)c2ccc(CN3CCN(S(C)(=O)=O)CC3)cc2)cc1C. The third-order valence-electron chi connectivity index (χ3n) is 5.19. The molecule has 1 fully saturated rings. The molecule has 1 heterocycles. The normalized spacial score (nSPS) is 16.1. The van der Waals surface area contributed by atoms with Gasteiger partial charge in [-0.25, -0.2) is 8.42 Å². The molecule has 0 unspecified atom stereocenters. The van der Waals surface area contributed by atoms with Gasteiger partial charge in [-0.05, 0) is 54.8 Å². The zero-order valence-corrected chi connectivity index (χ0v) is 17.4. The molecule has 1 N–H and O–H groups in total. The van der Waals surface area contributed by atoms with Gasteiger partial charge >= 0.3 is 0 Å². The maximum absolute atomic E-state index is 12.5. The van der Waals surface area contributed by atoms with E-state index in [1.807, 2.05) is 56.3 Å². The Labute approximate surface area is 167 Å². The second kappa shape index (κ2) is 8.43. The Morgan fingerprint density at radius 2 is 1.61 bits per heavy atom. The highest BCUT2D eigenvalue weighted by molar-refractivity contribution is 7.88. The molecule has 0 atom stereocenters. The van der Waals surface area contributed by atoms with Gasteiger partial charge in [0.05, 0.1) is 6.26 Å². The Balaban J connectivity index is 1.56. The molecule has 0 bridgehead atoms. The number of amides is 1. The number of nitrogens with zero attached hydrogens (tertiary/aromatic N) is 2. The summed E-state index contributed by atoms with van der Waals surface area (Å²) in [6.45, 7) is 7.28. The molecule has 2 aromatic rings. The molecule has 28 heavy (non-hydrogen) atoms. The molecular formula is C21H27N3O3S. The van der Waals surface area contributed by atoms with Crippen LogP contribution in [-0.4, -0.2) is 56.0 Å². The van der Waals surface area contributed by atoms with Gasteiger partial charge < -0.3 is 5.32 Å². The van der Waals surface area contributed by atoms with Crippen molar-refractivity contribution in [2.75, 3.05) is 37.8 Å². The van der Waals surface area contributed by atoms with Crippen LogP contribution in [0, 0.1) is 13.8 Å². The van der Waals surface area contributed by atoms with E-state index in [1.165, 1.54) is 16.1 Å². The first kappa shape index (κ1) is 20.5. The van der Waals surface area contributed by atoms with E-state index in [9.17, 15) is 13.2 Å². The lowest BCUT2D eigenvalue weighted by atomic mass is 10.1. The van der Waals surface area contributed by atoms with Crippen LogP contribution in [0.5, 0.6) is 0 Å². The first-order valence-electron chi connectivity index (χ1n) is 9.37. The van der Waals surface area contributed by atoms with E-state index < -0.39 is 10.0 Å². The van der Waals surface area contributed by atoms with Crippen molar-refractivity contribution in [3.8, 4) is 0 Å². The first-order valence-corrected chi connectivity index (χ1v) is 11.2. The van der Waals surface area contributed by atoms with Crippen molar-refractivity contribution in [1.82, 2.24) is 9.21 Å². The van der Waals surface area contributed by atoms with Crippen LogP contribution in [0.15, 0.2) is 42.5 Å². The summed E-state index contributed by atoms with van der Waals surface area (Å²) in [4.78, 5) is 14.7. The van der Waals surface area contributed by atoms with Gasteiger partial charge in [0, 0.05) is 44.0 Å². The highest BCUT2D eigenvalue weighted by atomic mass is 32.2. The van der Waals surface area contributed by atoms with Crippen LogP contribution in [0.4, 0.5) is 5.69 Å². The Kier molecular flexibility index (Phi) is 6.17. The maximum Gasteiger partial charge on any atom is 0.255 e. The molecule has 150 valence electrons. The average Bonchev–Trinajstić information content (AvgIpc) is 2.65. The largest absolute Gasteiger partial charge is 0.322 e. The quantitative estimate of drug-likeness (QED) is 0.836. The molecule has 1 aliphatic heterocycles. The van der Waals surface area contributed by atoms with Crippen LogP contribution in [0.1, 0.15) is 27.0 Å². The number of nitrogens with one attached hydrogen (secondary N) is 1. The van der Waals surface area contributed by atoms with E-state index in [0.717, 1.165) is 23.4 Å². The first-order chi connectivity index (χ1) is 13.2. The molecule has 2 aromatic carbocycles. The molecule has 0 saturated carbocycles. The Hall–Kier alpha value is -2.22. The van der Waals surface area contributed by atoms with Gasteiger partial charge in [0.1, 0.15) is 0 Å². The standard InChI is InChI=1S/C21H27N3O3S/c1-16-4-9-20(14-17(16)2)22-21(25)19-7-5-18(6-8-19)15-23-10-12-24(13-11-23)28(3,26)27/h4-9,14H,10-13,15H2,1-3H3,(H,22,25). The molecule has 3 rings (SSSR count). The molecule has 0 spiro atoms. The summed E-state index contributed by atoms with van der Waals surface area (Å²) in [6.07, 6.45) is 1.25. The Bertz CT molecular complexity index is 947. The molecule has 7 heteroatoms. The molecule has 0 radical (unpaired) electrons. The number of sulfonamides is 1. The smallest absolute Gasteiger partial charge is 0.255 e.